The molecule has 480 valence electrons. The number of aryl methyl sites for hydroxylation is 2. The standard InChI is InChI=1S/C31H38N6O8.C31H36N6O7.CH4/c1-20-14-22(15-23-19-34-36-26(20)23)17-25(28(38)39)44-30(41)37-8-5-31(6-9-37)24-16-21(18-33-27(24)35-29(40)45-31)4-3-10-42-12-13-43-11-7-32-2;1-20-14-22(15-23-19-33-35-26(20)23)17-25-28(38)36(2)9-11-42-13-12-41-10-3-4-21-16-24-27(32-18-21)34-29(39)44-31(24)5-7-37(8-6-31)30(40)43-25;/h3-4,14-16,18-19,25,32H,5-13,17H2,1-2H3,(H,34,36)(H,38,39)(H,33,35,40);3-4,14-16,18-19,25H,5-13,17H2,1-2H3,(H,33,35)(H,32,34,39);1H4/b2*4-3+;/t2*25-;/m11./s1. The van der Waals surface area contributed by atoms with Gasteiger partial charge in [0.05, 0.1) is 76.3 Å². The van der Waals surface area contributed by atoms with Gasteiger partial charge in [0.1, 0.15) is 22.8 Å². The van der Waals surface area contributed by atoms with E-state index in [-0.39, 0.29) is 52.4 Å². The lowest BCUT2D eigenvalue weighted by Gasteiger charge is -2.43. The summed E-state index contributed by atoms with van der Waals surface area (Å²) in [5.74, 6) is -0.713. The van der Waals surface area contributed by atoms with Gasteiger partial charge in [-0.2, -0.15) is 10.2 Å². The summed E-state index contributed by atoms with van der Waals surface area (Å²) in [6, 6.07) is 11.4. The highest BCUT2D eigenvalue weighted by Gasteiger charge is 2.48. The number of carboxylic acids is 1. The van der Waals surface area contributed by atoms with Crippen molar-refractivity contribution >= 4 is 81.8 Å². The van der Waals surface area contributed by atoms with Crippen LogP contribution in [0.4, 0.5) is 30.8 Å². The van der Waals surface area contributed by atoms with Gasteiger partial charge in [-0.05, 0) is 78.5 Å². The van der Waals surface area contributed by atoms with E-state index in [4.69, 9.17) is 37.9 Å². The number of carboxylic acid groups (broad SMARTS) is 1. The molecule has 0 unspecified atom stereocenters. The van der Waals surface area contributed by atoms with Crippen LogP contribution in [0.25, 0.3) is 34.0 Å². The normalized spacial score (nSPS) is 20.1. The summed E-state index contributed by atoms with van der Waals surface area (Å²) in [5, 5.41) is 34.0. The predicted octanol–water partition coefficient (Wildman–Crippen LogP) is 7.24. The molecule has 2 saturated heterocycles. The third-order valence-electron chi connectivity index (χ3n) is 16.2. The van der Waals surface area contributed by atoms with Crippen LogP contribution in [0.15, 0.2) is 73.3 Å². The molecule has 2 fully saturated rings. The number of hydrogen-bond donors (Lipinski definition) is 6. The number of nitrogens with zero attached hydrogens (tertiary/aromatic N) is 7. The van der Waals surface area contributed by atoms with Gasteiger partial charge in [0, 0.05) is 119 Å². The predicted molar refractivity (Wildman–Crippen MR) is 331 cm³/mol. The number of anilines is 2. The molecule has 0 aliphatic carbocycles. The fourth-order valence-corrected chi connectivity index (χ4v) is 11.5. The summed E-state index contributed by atoms with van der Waals surface area (Å²) >= 11 is 0. The summed E-state index contributed by atoms with van der Waals surface area (Å²) in [6.07, 6.45) is 10.8. The number of carbonyl (C=O) groups excluding carboxylic acids is 5. The minimum Gasteiger partial charge on any atom is -0.478 e. The smallest absolute Gasteiger partial charge is 0.413 e. The zero-order chi connectivity index (χ0) is 62.5. The van der Waals surface area contributed by atoms with Crippen LogP contribution in [0, 0.1) is 13.8 Å². The molecule has 5 amide bonds. The number of aromatic nitrogens is 6. The molecular weight excluding hydrogens is 1160 g/mol. The van der Waals surface area contributed by atoms with Crippen LogP contribution in [-0.2, 0) is 71.5 Å². The van der Waals surface area contributed by atoms with Crippen LogP contribution in [0.2, 0.25) is 0 Å². The summed E-state index contributed by atoms with van der Waals surface area (Å²) in [6.45, 7) is 9.37. The van der Waals surface area contributed by atoms with Gasteiger partial charge < -0.3 is 63.0 Å². The number of aromatic amines is 2. The molecule has 2 atom stereocenters. The van der Waals surface area contributed by atoms with Crippen molar-refractivity contribution in [3.05, 3.63) is 118 Å². The Morgan fingerprint density at radius 1 is 0.767 bits per heavy atom. The van der Waals surface area contributed by atoms with Gasteiger partial charge in [-0.3, -0.25) is 25.6 Å². The molecule has 6 aromatic rings. The van der Waals surface area contributed by atoms with Crippen LogP contribution in [-0.4, -0.2) is 205 Å². The number of nitrogens with one attached hydrogen (secondary N) is 5. The summed E-state index contributed by atoms with van der Waals surface area (Å²) in [7, 11) is 3.54. The molecule has 10 heterocycles. The number of rotatable bonds is 15. The SMILES string of the molecule is C.CNCCOCCOC/C=C/c1cnc2c(c1)C1(CCN(C(=O)O[C@H](Cc3cc(C)c4[nH]ncc4c3)C(=O)O)CC1)OC(=O)N2.Cc1cc(C[C@H]2OC(=O)N3CCC4(CC3)OC(=O)Nc3ncc(cc34)/C=C/COCCOCCN(C)C2=O)cc2cn[nH]c12. The van der Waals surface area contributed by atoms with Gasteiger partial charge in [0.15, 0.2) is 6.10 Å². The molecule has 6 aliphatic heterocycles. The number of ether oxygens (including phenoxy) is 8. The lowest BCUT2D eigenvalue weighted by atomic mass is 9.83. The minimum atomic E-state index is -1.37. The van der Waals surface area contributed by atoms with E-state index < -0.39 is 53.8 Å². The third kappa shape index (κ3) is 15.9. The number of likely N-dealkylation sites (tertiary alicyclic amines) is 1. The lowest BCUT2D eigenvalue weighted by Crippen LogP contribution is -2.51. The fraction of sp³-hybridized carbons (Fsp3) is 0.460. The second-order valence-corrected chi connectivity index (χ2v) is 22.3. The van der Waals surface area contributed by atoms with Crippen molar-refractivity contribution in [2.24, 2.45) is 0 Å². The van der Waals surface area contributed by atoms with Crippen molar-refractivity contribution in [1.82, 2.24) is 50.4 Å². The van der Waals surface area contributed by atoms with Crippen molar-refractivity contribution in [2.75, 3.05) is 117 Å². The van der Waals surface area contributed by atoms with E-state index >= 15 is 0 Å². The van der Waals surface area contributed by atoms with Crippen LogP contribution >= 0.6 is 0 Å². The van der Waals surface area contributed by atoms with Crippen molar-refractivity contribution in [1.29, 1.82) is 0 Å². The monoisotopic (exact) mass is 1240 g/mol. The molecule has 4 bridgehead atoms. The largest absolute Gasteiger partial charge is 0.478 e. The van der Waals surface area contributed by atoms with Crippen LogP contribution in [0.3, 0.4) is 0 Å². The average molecular weight is 1240 g/mol. The first-order valence-corrected chi connectivity index (χ1v) is 29.6. The van der Waals surface area contributed by atoms with Gasteiger partial charge in [0.2, 0.25) is 6.10 Å². The number of pyridine rings is 2. The van der Waals surface area contributed by atoms with E-state index in [2.05, 4.69) is 46.3 Å². The molecule has 6 N–H and O–H groups in total. The Morgan fingerprint density at radius 2 is 1.39 bits per heavy atom. The van der Waals surface area contributed by atoms with Crippen LogP contribution < -0.4 is 16.0 Å². The highest BCUT2D eigenvalue weighted by Crippen LogP contribution is 2.45. The summed E-state index contributed by atoms with van der Waals surface area (Å²) in [4.78, 5) is 90.7. The van der Waals surface area contributed by atoms with Crippen LogP contribution in [0.5, 0.6) is 0 Å². The van der Waals surface area contributed by atoms with Crippen molar-refractivity contribution in [2.45, 2.75) is 83.2 Å². The van der Waals surface area contributed by atoms with Crippen molar-refractivity contribution in [3.63, 3.8) is 0 Å². The molecule has 2 spiro atoms. The van der Waals surface area contributed by atoms with E-state index in [0.717, 1.165) is 67.3 Å². The summed E-state index contributed by atoms with van der Waals surface area (Å²) in [5.41, 5.74) is 6.43. The number of hydrogen-bond acceptors (Lipinski definition) is 19. The Kier molecular flexibility index (Phi) is 21.8. The maximum absolute atomic E-state index is 13.6. The quantitative estimate of drug-likeness (QED) is 0.0335. The van der Waals surface area contributed by atoms with Crippen molar-refractivity contribution in [3.8, 4) is 0 Å². The Hall–Kier alpha value is -9.02. The second kappa shape index (κ2) is 30.0. The maximum Gasteiger partial charge on any atom is 0.413 e. The summed E-state index contributed by atoms with van der Waals surface area (Å²) < 4.78 is 45.4. The molecule has 4 aromatic heterocycles. The van der Waals surface area contributed by atoms with Gasteiger partial charge in [-0.25, -0.2) is 33.9 Å². The molecule has 90 heavy (non-hydrogen) atoms. The van der Waals surface area contributed by atoms with Crippen LogP contribution in [0.1, 0.15) is 77.6 Å². The van der Waals surface area contributed by atoms with E-state index in [0.29, 0.717) is 102 Å². The zero-order valence-electron chi connectivity index (χ0n) is 50.2. The number of piperidine rings is 2. The van der Waals surface area contributed by atoms with E-state index in [1.54, 1.807) is 36.7 Å². The molecule has 0 radical (unpaired) electrons. The molecule has 0 saturated carbocycles. The first kappa shape index (κ1) is 65.4. The minimum absolute atomic E-state index is 0. The fourth-order valence-electron chi connectivity index (χ4n) is 11.5. The van der Waals surface area contributed by atoms with E-state index in [1.165, 1.54) is 9.80 Å². The highest BCUT2D eigenvalue weighted by molar-refractivity contribution is 5.89. The molecule has 2 aromatic carbocycles. The van der Waals surface area contributed by atoms with Gasteiger partial charge in [-0.1, -0.05) is 43.9 Å². The van der Waals surface area contributed by atoms with E-state index in [9.17, 15) is 33.9 Å². The lowest BCUT2D eigenvalue weighted by molar-refractivity contribution is -0.147. The average Bonchev–Trinajstić information content (AvgIpc) is 0.984. The number of benzene rings is 2. The highest BCUT2D eigenvalue weighted by atomic mass is 16.6. The topological polar surface area (TPSA) is 325 Å². The number of aliphatic carboxylic acids is 1. The maximum atomic E-state index is 13.6. The Morgan fingerprint density at radius 3 is 2.07 bits per heavy atom. The molecule has 6 aliphatic rings. The Bertz CT molecular complexity index is 3590. The Balaban J connectivity index is 0.000000211. The Labute approximate surface area is 520 Å². The zero-order valence-corrected chi connectivity index (χ0v) is 50.2. The van der Waals surface area contributed by atoms with Gasteiger partial charge >= 0.3 is 30.3 Å². The number of likely N-dealkylation sites (N-methyl/N-ethyl adjacent to an activating group) is 2. The van der Waals surface area contributed by atoms with E-state index in [1.807, 2.05) is 81.6 Å². The number of amides is 5. The third-order valence-corrected chi connectivity index (χ3v) is 16.2. The number of H-pyrrole nitrogens is 2. The molecule has 12 rings (SSSR count). The molecule has 27 nitrogen and oxygen atoms in total. The van der Waals surface area contributed by atoms with Gasteiger partial charge in [0.25, 0.3) is 5.91 Å². The molecule has 27 heteroatoms. The first-order chi connectivity index (χ1) is 43.1. The van der Waals surface area contributed by atoms with Gasteiger partial charge in [-0.15, -0.1) is 0 Å². The number of carbonyl (C=O) groups is 6. The molecular formula is C63H78N12O15. The number of fused-ring (bicyclic) bond motifs is 18. The second-order valence-electron chi connectivity index (χ2n) is 22.3. The van der Waals surface area contributed by atoms with Crippen molar-refractivity contribution < 1.29 is 71.8 Å². The first-order valence-electron chi connectivity index (χ1n) is 29.6.